The summed E-state index contributed by atoms with van der Waals surface area (Å²) in [7, 11) is 0. The van der Waals surface area contributed by atoms with E-state index in [1.54, 1.807) is 30.6 Å². The van der Waals surface area contributed by atoms with E-state index in [9.17, 15) is 18.0 Å². The number of halogens is 3. The highest BCUT2D eigenvalue weighted by atomic mass is 19.4. The molecule has 0 amide bonds. The van der Waals surface area contributed by atoms with Gasteiger partial charge in [0.05, 0.1) is 29.7 Å². The lowest BCUT2D eigenvalue weighted by molar-refractivity contribution is -0.137. The van der Waals surface area contributed by atoms with Crippen LogP contribution in [0.3, 0.4) is 0 Å². The molecular formula is C27H24F3N3O2. The summed E-state index contributed by atoms with van der Waals surface area (Å²) in [6.45, 7) is 5.56. The van der Waals surface area contributed by atoms with Crippen molar-refractivity contribution in [2.45, 2.75) is 32.2 Å². The molecule has 1 aliphatic rings. The van der Waals surface area contributed by atoms with Crippen molar-refractivity contribution in [3.63, 3.8) is 0 Å². The number of morpholine rings is 1. The molecule has 35 heavy (non-hydrogen) atoms. The number of benzene rings is 2. The Morgan fingerprint density at radius 3 is 2.26 bits per heavy atom. The van der Waals surface area contributed by atoms with Gasteiger partial charge in [-0.3, -0.25) is 9.36 Å². The minimum absolute atomic E-state index is 0.113. The molecule has 0 aliphatic carbocycles. The predicted octanol–water partition coefficient (Wildman–Crippen LogP) is 5.69. The topological polar surface area (TPSA) is 47.4 Å². The maximum Gasteiger partial charge on any atom is 0.416 e. The first-order valence-corrected chi connectivity index (χ1v) is 11.4. The molecule has 180 valence electrons. The summed E-state index contributed by atoms with van der Waals surface area (Å²) in [5, 5.41) is 1.15. The van der Waals surface area contributed by atoms with Gasteiger partial charge in [0.2, 0.25) is 0 Å². The van der Waals surface area contributed by atoms with Crippen LogP contribution in [-0.4, -0.2) is 34.8 Å². The van der Waals surface area contributed by atoms with E-state index in [-0.39, 0.29) is 17.8 Å². The highest BCUT2D eigenvalue weighted by Gasteiger charge is 2.30. The zero-order valence-electron chi connectivity index (χ0n) is 19.3. The van der Waals surface area contributed by atoms with E-state index in [0.717, 1.165) is 31.0 Å². The third kappa shape index (κ3) is 4.53. The first-order chi connectivity index (χ1) is 16.7. The Balaban J connectivity index is 1.48. The van der Waals surface area contributed by atoms with Gasteiger partial charge in [-0.2, -0.15) is 13.2 Å². The average Bonchev–Trinajstić information content (AvgIpc) is 2.83. The molecule has 2 aromatic carbocycles. The standard InChI is InChI=1S/C27H24F3N3O2/c1-17-15-32(16-18(2)35-17)25-11-10-21(14-31-25)33-13-12-23-22(4-3-5-24(23)26(33)34)19-6-8-20(9-7-19)27(28,29)30/h3-14,17-18H,15-16H2,1-2H3. The van der Waals surface area contributed by atoms with Crippen LogP contribution in [0.2, 0.25) is 0 Å². The number of hydrogen-bond donors (Lipinski definition) is 0. The van der Waals surface area contributed by atoms with Crippen molar-refractivity contribution in [3.8, 4) is 16.8 Å². The SMILES string of the molecule is CC1CN(c2ccc(-n3ccc4c(-c5ccc(C(F)(F)F)cc5)cccc4c3=O)cn2)CC(C)O1. The van der Waals surface area contributed by atoms with Crippen molar-refractivity contribution in [2.24, 2.45) is 0 Å². The van der Waals surface area contributed by atoms with Gasteiger partial charge >= 0.3 is 6.18 Å². The van der Waals surface area contributed by atoms with Crippen molar-refractivity contribution >= 4 is 16.6 Å². The molecule has 0 bridgehead atoms. The second-order valence-electron chi connectivity index (χ2n) is 8.87. The van der Waals surface area contributed by atoms with Crippen LogP contribution in [0.5, 0.6) is 0 Å². The molecule has 1 saturated heterocycles. The zero-order chi connectivity index (χ0) is 24.7. The summed E-state index contributed by atoms with van der Waals surface area (Å²) in [5.74, 6) is 0.828. The van der Waals surface area contributed by atoms with Gasteiger partial charge in [-0.15, -0.1) is 0 Å². The lowest BCUT2D eigenvalue weighted by atomic mass is 9.98. The fourth-order valence-corrected chi connectivity index (χ4v) is 4.64. The fourth-order valence-electron chi connectivity index (χ4n) is 4.64. The van der Waals surface area contributed by atoms with Crippen LogP contribution in [0.1, 0.15) is 19.4 Å². The molecule has 2 atom stereocenters. The molecule has 5 rings (SSSR count). The number of nitrogens with zero attached hydrogens (tertiary/aromatic N) is 3. The smallest absolute Gasteiger partial charge is 0.372 e. The van der Waals surface area contributed by atoms with Gasteiger partial charge in [0.25, 0.3) is 5.56 Å². The fraction of sp³-hybridized carbons (Fsp3) is 0.259. The van der Waals surface area contributed by atoms with Crippen molar-refractivity contribution in [2.75, 3.05) is 18.0 Å². The van der Waals surface area contributed by atoms with Gasteiger partial charge in [-0.1, -0.05) is 24.3 Å². The van der Waals surface area contributed by atoms with Crippen molar-refractivity contribution in [3.05, 3.63) is 89.0 Å². The maximum atomic E-state index is 13.3. The Kier molecular flexibility index (Phi) is 5.84. The number of pyridine rings is 2. The molecule has 0 N–H and O–H groups in total. The quantitative estimate of drug-likeness (QED) is 0.379. The Morgan fingerprint density at radius 2 is 1.63 bits per heavy atom. The van der Waals surface area contributed by atoms with Gasteiger partial charge in [0, 0.05) is 24.7 Å². The van der Waals surface area contributed by atoms with Crippen LogP contribution in [0.15, 0.2) is 77.9 Å². The Labute approximate surface area is 200 Å². The summed E-state index contributed by atoms with van der Waals surface area (Å²) >= 11 is 0. The van der Waals surface area contributed by atoms with Crippen molar-refractivity contribution < 1.29 is 17.9 Å². The van der Waals surface area contributed by atoms with E-state index in [2.05, 4.69) is 9.88 Å². The van der Waals surface area contributed by atoms with Crippen molar-refractivity contribution in [1.82, 2.24) is 9.55 Å². The number of hydrogen-bond acceptors (Lipinski definition) is 4. The highest BCUT2D eigenvalue weighted by Crippen LogP contribution is 2.33. The van der Waals surface area contributed by atoms with Crippen LogP contribution >= 0.6 is 0 Å². The molecule has 1 fully saturated rings. The predicted molar refractivity (Wildman–Crippen MR) is 130 cm³/mol. The van der Waals surface area contributed by atoms with E-state index in [1.807, 2.05) is 32.0 Å². The van der Waals surface area contributed by atoms with Gasteiger partial charge in [0.1, 0.15) is 5.82 Å². The number of anilines is 1. The van der Waals surface area contributed by atoms with Gasteiger partial charge in [-0.25, -0.2) is 4.98 Å². The van der Waals surface area contributed by atoms with E-state index < -0.39 is 11.7 Å². The molecule has 8 heteroatoms. The van der Waals surface area contributed by atoms with E-state index >= 15 is 0 Å². The van der Waals surface area contributed by atoms with E-state index in [0.29, 0.717) is 27.6 Å². The zero-order valence-corrected chi connectivity index (χ0v) is 19.3. The molecule has 0 radical (unpaired) electrons. The summed E-state index contributed by atoms with van der Waals surface area (Å²) in [6, 6.07) is 15.8. The minimum Gasteiger partial charge on any atom is -0.372 e. The van der Waals surface area contributed by atoms with Crippen LogP contribution in [0.25, 0.3) is 27.6 Å². The van der Waals surface area contributed by atoms with Crippen LogP contribution in [0.4, 0.5) is 19.0 Å². The molecule has 4 aromatic rings. The number of alkyl halides is 3. The van der Waals surface area contributed by atoms with Crippen LogP contribution in [-0.2, 0) is 10.9 Å². The Morgan fingerprint density at radius 1 is 0.914 bits per heavy atom. The number of rotatable bonds is 3. The van der Waals surface area contributed by atoms with Crippen LogP contribution in [0, 0.1) is 0 Å². The lowest BCUT2D eigenvalue weighted by Crippen LogP contribution is -2.45. The third-order valence-electron chi connectivity index (χ3n) is 6.22. The van der Waals surface area contributed by atoms with Crippen molar-refractivity contribution in [1.29, 1.82) is 0 Å². The molecule has 2 unspecified atom stereocenters. The largest absolute Gasteiger partial charge is 0.416 e. The molecular weight excluding hydrogens is 455 g/mol. The third-order valence-corrected chi connectivity index (χ3v) is 6.22. The number of ether oxygens (including phenoxy) is 1. The first kappa shape index (κ1) is 23.1. The highest BCUT2D eigenvalue weighted by molar-refractivity contribution is 5.96. The lowest BCUT2D eigenvalue weighted by Gasteiger charge is -2.36. The average molecular weight is 480 g/mol. The normalized spacial score (nSPS) is 18.7. The second-order valence-corrected chi connectivity index (χ2v) is 8.87. The summed E-state index contributed by atoms with van der Waals surface area (Å²) in [5.41, 5.74) is 1.01. The van der Waals surface area contributed by atoms with Crippen LogP contribution < -0.4 is 10.5 Å². The molecule has 5 nitrogen and oxygen atoms in total. The Bertz CT molecular complexity index is 1400. The Hall–Kier alpha value is -3.65. The molecule has 3 heterocycles. The summed E-state index contributed by atoms with van der Waals surface area (Å²) in [6.07, 6.45) is -0.822. The number of fused-ring (bicyclic) bond motifs is 1. The molecule has 0 spiro atoms. The van der Waals surface area contributed by atoms with Gasteiger partial charge in [-0.05, 0) is 66.8 Å². The monoisotopic (exact) mass is 479 g/mol. The summed E-state index contributed by atoms with van der Waals surface area (Å²) < 4.78 is 46.1. The molecule has 2 aromatic heterocycles. The summed E-state index contributed by atoms with van der Waals surface area (Å²) in [4.78, 5) is 20.1. The molecule has 1 aliphatic heterocycles. The number of aromatic nitrogens is 2. The van der Waals surface area contributed by atoms with Gasteiger partial charge in [0.15, 0.2) is 0 Å². The van der Waals surface area contributed by atoms with E-state index in [4.69, 9.17) is 4.74 Å². The first-order valence-electron chi connectivity index (χ1n) is 11.4. The van der Waals surface area contributed by atoms with Gasteiger partial charge < -0.3 is 9.64 Å². The molecule has 0 saturated carbocycles. The minimum atomic E-state index is -4.40. The van der Waals surface area contributed by atoms with E-state index in [1.165, 1.54) is 16.7 Å². The second kappa shape index (κ2) is 8.85. The maximum absolute atomic E-state index is 13.3.